The van der Waals surface area contributed by atoms with Gasteiger partial charge < -0.3 is 14.4 Å². The number of nitrogens with zero attached hydrogens (tertiary/aromatic N) is 2. The van der Waals surface area contributed by atoms with Crippen LogP contribution in [0.1, 0.15) is 38.8 Å². The molecule has 0 bridgehead atoms. The van der Waals surface area contributed by atoms with E-state index in [9.17, 15) is 14.4 Å². The first-order valence-electron chi connectivity index (χ1n) is 11.1. The van der Waals surface area contributed by atoms with Crippen LogP contribution >= 0.6 is 0 Å². The molecule has 8 heteroatoms. The molecule has 0 saturated carbocycles. The molecule has 1 saturated heterocycles. The molecule has 2 aromatic carbocycles. The summed E-state index contributed by atoms with van der Waals surface area (Å²) >= 11 is 0. The number of hydrogen-bond donors (Lipinski definition) is 1. The first-order chi connectivity index (χ1) is 16.2. The number of imide groups is 2. The lowest BCUT2D eigenvalue weighted by Gasteiger charge is -2.42. The second kappa shape index (κ2) is 7.76. The molecule has 0 unspecified atom stereocenters. The molecule has 3 aliphatic rings. The maximum Gasteiger partial charge on any atom is 0.335 e. The van der Waals surface area contributed by atoms with Crippen LogP contribution in [0.25, 0.3) is 11.6 Å². The molecule has 0 aliphatic carbocycles. The van der Waals surface area contributed by atoms with Gasteiger partial charge in [0.15, 0.2) is 11.5 Å². The van der Waals surface area contributed by atoms with Gasteiger partial charge in [0.1, 0.15) is 5.57 Å². The van der Waals surface area contributed by atoms with Crippen LogP contribution in [-0.4, -0.2) is 36.7 Å². The molecule has 8 nitrogen and oxygen atoms in total. The predicted octanol–water partition coefficient (Wildman–Crippen LogP) is 4.10. The monoisotopic (exact) mass is 459 g/mol. The molecule has 0 aromatic heterocycles. The van der Waals surface area contributed by atoms with Gasteiger partial charge in [0.25, 0.3) is 11.8 Å². The predicted molar refractivity (Wildman–Crippen MR) is 129 cm³/mol. The Bertz CT molecular complexity index is 1310. The number of anilines is 2. The van der Waals surface area contributed by atoms with Gasteiger partial charge in [-0.2, -0.15) is 0 Å². The third-order valence-electron chi connectivity index (χ3n) is 6.34. The lowest BCUT2D eigenvalue weighted by atomic mass is 9.88. The Morgan fingerprint density at radius 3 is 2.59 bits per heavy atom. The third kappa shape index (κ3) is 3.42. The normalized spacial score (nSPS) is 19.8. The smallest absolute Gasteiger partial charge is 0.335 e. The van der Waals surface area contributed by atoms with Crippen molar-refractivity contribution < 1.29 is 23.9 Å². The van der Waals surface area contributed by atoms with Crippen LogP contribution in [0.4, 0.5) is 16.2 Å². The quantitative estimate of drug-likeness (QED) is 0.549. The maximum atomic E-state index is 13.3. The number of benzene rings is 2. The lowest BCUT2D eigenvalue weighted by molar-refractivity contribution is -0.122. The van der Waals surface area contributed by atoms with Gasteiger partial charge in [-0.25, -0.2) is 9.69 Å². The van der Waals surface area contributed by atoms with Crippen LogP contribution in [0, 0.1) is 0 Å². The summed E-state index contributed by atoms with van der Waals surface area (Å²) in [6.07, 6.45) is 3.74. The molecule has 1 N–H and O–H groups in total. The van der Waals surface area contributed by atoms with Gasteiger partial charge in [-0.1, -0.05) is 12.1 Å². The molecule has 0 radical (unpaired) electrons. The van der Waals surface area contributed by atoms with Gasteiger partial charge in [-0.15, -0.1) is 0 Å². The van der Waals surface area contributed by atoms with Crippen molar-refractivity contribution in [2.24, 2.45) is 0 Å². The number of carbonyl (C=O) groups is 3. The minimum Gasteiger partial charge on any atom is -0.454 e. The second-order valence-electron chi connectivity index (χ2n) is 9.00. The van der Waals surface area contributed by atoms with Gasteiger partial charge in [0, 0.05) is 23.9 Å². The van der Waals surface area contributed by atoms with E-state index >= 15 is 0 Å². The Labute approximate surface area is 197 Å². The number of barbiturate groups is 1. The summed E-state index contributed by atoms with van der Waals surface area (Å²) in [7, 11) is 0. The van der Waals surface area contributed by atoms with Crippen molar-refractivity contribution >= 4 is 40.9 Å². The molecule has 3 heterocycles. The molecular weight excluding hydrogens is 434 g/mol. The van der Waals surface area contributed by atoms with Crippen molar-refractivity contribution in [3.8, 4) is 11.5 Å². The number of ether oxygens (including phenoxy) is 2. The molecule has 4 amide bonds. The highest BCUT2D eigenvalue weighted by Gasteiger charge is 2.37. The fraction of sp³-hybridized carbons (Fsp3) is 0.269. The highest BCUT2D eigenvalue weighted by molar-refractivity contribution is 6.39. The number of fused-ring (bicyclic) bond motifs is 2. The van der Waals surface area contributed by atoms with Gasteiger partial charge in [-0.05, 0) is 69.2 Å². The lowest BCUT2D eigenvalue weighted by Crippen LogP contribution is -2.54. The fourth-order valence-corrected chi connectivity index (χ4v) is 4.85. The van der Waals surface area contributed by atoms with E-state index < -0.39 is 17.8 Å². The number of carbonyl (C=O) groups excluding carboxylic acids is 3. The number of rotatable bonds is 3. The first kappa shape index (κ1) is 21.8. The van der Waals surface area contributed by atoms with Gasteiger partial charge >= 0.3 is 6.03 Å². The van der Waals surface area contributed by atoms with Gasteiger partial charge in [0.05, 0.1) is 11.2 Å². The van der Waals surface area contributed by atoms with Crippen molar-refractivity contribution in [1.29, 1.82) is 0 Å². The fourth-order valence-electron chi connectivity index (χ4n) is 4.85. The van der Waals surface area contributed by atoms with E-state index in [1.54, 1.807) is 18.2 Å². The molecule has 34 heavy (non-hydrogen) atoms. The maximum absolute atomic E-state index is 13.3. The number of urea groups is 1. The van der Waals surface area contributed by atoms with Crippen molar-refractivity contribution in [2.75, 3.05) is 23.1 Å². The molecule has 3 aliphatic heterocycles. The standard InChI is InChI=1S/C26H25N3O5/c1-5-28-20-8-6-16(10-18(20)15(2)13-26(28,3)4)11-19-23(30)27-25(32)29(24(19)31)17-7-9-21-22(12-17)34-14-33-21/h6-13H,5,14H2,1-4H3,(H,27,30,32)/b19-11+. The Morgan fingerprint density at radius 2 is 1.82 bits per heavy atom. The summed E-state index contributed by atoms with van der Waals surface area (Å²) in [5, 5.41) is 2.26. The number of likely N-dealkylation sites (N-methyl/N-ethyl adjacent to an activating group) is 1. The van der Waals surface area contributed by atoms with Crippen molar-refractivity contribution in [2.45, 2.75) is 33.2 Å². The zero-order valence-corrected chi connectivity index (χ0v) is 19.5. The van der Waals surface area contributed by atoms with Crippen molar-refractivity contribution in [1.82, 2.24) is 5.32 Å². The topological polar surface area (TPSA) is 88.2 Å². The Balaban J connectivity index is 1.52. The number of allylic oxidation sites excluding steroid dienone is 1. The van der Waals surface area contributed by atoms with E-state index in [-0.39, 0.29) is 23.6 Å². The number of nitrogens with one attached hydrogen (secondary N) is 1. The summed E-state index contributed by atoms with van der Waals surface area (Å²) in [6.45, 7) is 9.43. The summed E-state index contributed by atoms with van der Waals surface area (Å²) in [5.74, 6) is -0.467. The Kier molecular flexibility index (Phi) is 4.97. The van der Waals surface area contributed by atoms with Gasteiger partial charge in [-0.3, -0.25) is 14.9 Å². The molecule has 174 valence electrons. The van der Waals surface area contributed by atoms with Crippen LogP contribution in [-0.2, 0) is 9.59 Å². The Morgan fingerprint density at radius 1 is 1.06 bits per heavy atom. The Hall–Kier alpha value is -4.07. The van der Waals surface area contributed by atoms with Crippen LogP contribution < -0.4 is 24.6 Å². The highest BCUT2D eigenvalue weighted by Crippen LogP contribution is 2.40. The van der Waals surface area contributed by atoms with E-state index in [2.05, 4.69) is 44.0 Å². The van der Waals surface area contributed by atoms with E-state index in [4.69, 9.17) is 9.47 Å². The third-order valence-corrected chi connectivity index (χ3v) is 6.34. The van der Waals surface area contributed by atoms with Crippen LogP contribution in [0.3, 0.4) is 0 Å². The molecule has 5 rings (SSSR count). The van der Waals surface area contributed by atoms with E-state index in [0.717, 1.165) is 28.3 Å². The zero-order valence-electron chi connectivity index (χ0n) is 19.5. The SMILES string of the molecule is CCN1c2ccc(/C=C3\C(=O)NC(=O)N(c4ccc5c(c4)OCO5)C3=O)cc2C(C)=CC1(C)C. The zero-order chi connectivity index (χ0) is 24.2. The largest absolute Gasteiger partial charge is 0.454 e. The molecule has 0 atom stereocenters. The second-order valence-corrected chi connectivity index (χ2v) is 9.00. The average molecular weight is 460 g/mol. The van der Waals surface area contributed by atoms with Crippen molar-refractivity contribution in [3.63, 3.8) is 0 Å². The van der Waals surface area contributed by atoms with Crippen LogP contribution in [0.2, 0.25) is 0 Å². The minimum atomic E-state index is -0.809. The number of hydrogen-bond acceptors (Lipinski definition) is 6. The number of amides is 4. The summed E-state index contributed by atoms with van der Waals surface area (Å²) < 4.78 is 10.7. The summed E-state index contributed by atoms with van der Waals surface area (Å²) in [6, 6.07) is 9.79. The average Bonchev–Trinajstić information content (AvgIpc) is 3.24. The molecule has 2 aromatic rings. The van der Waals surface area contributed by atoms with E-state index in [1.165, 1.54) is 6.08 Å². The summed E-state index contributed by atoms with van der Waals surface area (Å²) in [5.41, 5.74) is 4.02. The first-order valence-corrected chi connectivity index (χ1v) is 11.1. The van der Waals surface area contributed by atoms with Gasteiger partial charge in [0.2, 0.25) is 6.79 Å². The summed E-state index contributed by atoms with van der Waals surface area (Å²) in [4.78, 5) is 41.7. The molecule has 0 spiro atoms. The molecular formula is C26H25N3O5. The van der Waals surface area contributed by atoms with E-state index in [0.29, 0.717) is 17.1 Å². The highest BCUT2D eigenvalue weighted by atomic mass is 16.7. The minimum absolute atomic E-state index is 0.0708. The van der Waals surface area contributed by atoms with Crippen LogP contribution in [0.5, 0.6) is 11.5 Å². The van der Waals surface area contributed by atoms with Crippen molar-refractivity contribution in [3.05, 3.63) is 59.2 Å². The van der Waals surface area contributed by atoms with E-state index in [1.807, 2.05) is 18.2 Å². The van der Waals surface area contributed by atoms with Crippen LogP contribution in [0.15, 0.2) is 48.0 Å². The molecule has 1 fully saturated rings.